The molecule has 0 amide bonds. The smallest absolute Gasteiger partial charge is 0.280 e. The summed E-state index contributed by atoms with van der Waals surface area (Å²) in [5.41, 5.74) is 1.73. The zero-order valence-electron chi connectivity index (χ0n) is 13.2. The van der Waals surface area contributed by atoms with Gasteiger partial charge in [0.1, 0.15) is 5.69 Å². The Morgan fingerprint density at radius 2 is 2.12 bits per heavy atom. The fourth-order valence-electron chi connectivity index (χ4n) is 2.99. The van der Waals surface area contributed by atoms with Crippen molar-refractivity contribution in [1.29, 1.82) is 0 Å². The molecule has 3 aromatic heterocycles. The summed E-state index contributed by atoms with van der Waals surface area (Å²) < 4.78 is 32.2. The Balaban J connectivity index is 1.71. The number of alkyl halides is 2. The molecular formula is C16H15F2N5O. The van der Waals surface area contributed by atoms with Crippen molar-refractivity contribution < 1.29 is 13.3 Å². The minimum absolute atomic E-state index is 0.146. The molecule has 1 saturated carbocycles. The summed E-state index contributed by atoms with van der Waals surface area (Å²) in [6.45, 7) is 2.00. The average Bonchev–Trinajstić information content (AvgIpc) is 3.02. The molecule has 6 nitrogen and oxygen atoms in total. The third-order valence-corrected chi connectivity index (χ3v) is 4.43. The summed E-state index contributed by atoms with van der Waals surface area (Å²) in [5, 5.41) is 8.10. The van der Waals surface area contributed by atoms with Gasteiger partial charge in [0.2, 0.25) is 0 Å². The molecule has 0 N–H and O–H groups in total. The number of hydrogen-bond donors (Lipinski definition) is 0. The van der Waals surface area contributed by atoms with Gasteiger partial charge in [-0.25, -0.2) is 8.78 Å². The van der Waals surface area contributed by atoms with Crippen molar-refractivity contribution in [2.45, 2.75) is 31.6 Å². The highest BCUT2D eigenvalue weighted by Crippen LogP contribution is 2.52. The molecule has 3 aromatic rings. The Bertz CT molecular complexity index is 898. The zero-order chi connectivity index (χ0) is 16.9. The molecule has 0 atom stereocenters. The minimum atomic E-state index is -2.61. The van der Waals surface area contributed by atoms with E-state index in [9.17, 15) is 8.78 Å². The van der Waals surface area contributed by atoms with Crippen molar-refractivity contribution in [1.82, 2.24) is 24.9 Å². The first-order valence-corrected chi connectivity index (χ1v) is 7.60. The van der Waals surface area contributed by atoms with Crippen LogP contribution in [0.2, 0.25) is 0 Å². The van der Waals surface area contributed by atoms with Gasteiger partial charge in [0.25, 0.3) is 12.3 Å². The molecule has 0 radical (unpaired) electrons. The summed E-state index contributed by atoms with van der Waals surface area (Å²) in [6.07, 6.45) is 0.907. The van der Waals surface area contributed by atoms with Crippen LogP contribution in [0.25, 0.3) is 11.6 Å². The third kappa shape index (κ3) is 2.21. The molecule has 0 aromatic carbocycles. The molecular weight excluding hydrogens is 316 g/mol. The van der Waals surface area contributed by atoms with Crippen LogP contribution >= 0.6 is 0 Å². The Labute approximate surface area is 136 Å². The molecule has 0 spiro atoms. The second-order valence-electron chi connectivity index (χ2n) is 6.05. The summed E-state index contributed by atoms with van der Waals surface area (Å²) >= 11 is 0. The van der Waals surface area contributed by atoms with Gasteiger partial charge in [0.15, 0.2) is 11.5 Å². The summed E-state index contributed by atoms with van der Waals surface area (Å²) in [4.78, 5) is 8.88. The van der Waals surface area contributed by atoms with Gasteiger partial charge in [-0.3, -0.25) is 9.67 Å². The molecule has 24 heavy (non-hydrogen) atoms. The van der Waals surface area contributed by atoms with E-state index in [-0.39, 0.29) is 22.7 Å². The van der Waals surface area contributed by atoms with Crippen LogP contribution in [0, 0.1) is 6.92 Å². The van der Waals surface area contributed by atoms with Gasteiger partial charge in [-0.2, -0.15) is 10.1 Å². The Morgan fingerprint density at radius 1 is 1.33 bits per heavy atom. The lowest BCUT2D eigenvalue weighted by molar-refractivity contribution is 0.141. The molecule has 8 heteroatoms. The minimum Gasteiger partial charge on any atom is -0.332 e. The Kier molecular flexibility index (Phi) is 3.22. The van der Waals surface area contributed by atoms with Gasteiger partial charge < -0.3 is 4.52 Å². The van der Waals surface area contributed by atoms with E-state index in [0.29, 0.717) is 5.82 Å². The van der Waals surface area contributed by atoms with Crippen LogP contribution in [0.4, 0.5) is 8.78 Å². The molecule has 3 heterocycles. The van der Waals surface area contributed by atoms with E-state index in [0.717, 1.165) is 28.8 Å². The lowest BCUT2D eigenvalue weighted by Gasteiger charge is -2.12. The molecule has 4 rings (SSSR count). The van der Waals surface area contributed by atoms with E-state index in [1.807, 2.05) is 19.1 Å². The lowest BCUT2D eigenvalue weighted by atomic mass is 9.97. The highest BCUT2D eigenvalue weighted by atomic mass is 19.3. The number of halogens is 2. The summed E-state index contributed by atoms with van der Waals surface area (Å²) in [5.74, 6) is 0.677. The van der Waals surface area contributed by atoms with Crippen LogP contribution in [0.5, 0.6) is 0 Å². The van der Waals surface area contributed by atoms with E-state index in [2.05, 4.69) is 20.2 Å². The van der Waals surface area contributed by atoms with E-state index in [1.165, 1.54) is 13.1 Å². The molecule has 1 fully saturated rings. The topological polar surface area (TPSA) is 69.6 Å². The van der Waals surface area contributed by atoms with Crippen LogP contribution in [0.15, 0.2) is 28.9 Å². The van der Waals surface area contributed by atoms with Gasteiger partial charge >= 0.3 is 0 Å². The summed E-state index contributed by atoms with van der Waals surface area (Å²) in [7, 11) is 1.46. The van der Waals surface area contributed by atoms with Gasteiger partial charge in [0, 0.05) is 13.2 Å². The largest absolute Gasteiger partial charge is 0.332 e. The second-order valence-corrected chi connectivity index (χ2v) is 6.05. The van der Waals surface area contributed by atoms with Crippen molar-refractivity contribution in [2.24, 2.45) is 7.05 Å². The van der Waals surface area contributed by atoms with Crippen molar-refractivity contribution in [3.63, 3.8) is 0 Å². The SMILES string of the molecule is Cc1cccnc1C1(c2noc(-c3cc(C(F)F)n(C)n3)n2)CC1. The zero-order valence-corrected chi connectivity index (χ0v) is 13.2. The number of hydrogen-bond acceptors (Lipinski definition) is 5. The van der Waals surface area contributed by atoms with E-state index >= 15 is 0 Å². The van der Waals surface area contributed by atoms with Crippen LogP contribution in [-0.2, 0) is 12.5 Å². The van der Waals surface area contributed by atoms with Gasteiger partial charge in [0.05, 0.1) is 11.1 Å². The predicted molar refractivity (Wildman–Crippen MR) is 80.4 cm³/mol. The van der Waals surface area contributed by atoms with E-state index in [4.69, 9.17) is 4.52 Å². The molecule has 124 valence electrons. The van der Waals surface area contributed by atoms with Crippen molar-refractivity contribution >= 4 is 0 Å². The standard InChI is InChI=1S/C16H15F2N5O/c1-9-4-3-7-19-12(9)16(5-6-16)15-20-14(24-22-15)10-8-11(13(17)18)23(2)21-10/h3-4,7-8,13H,5-6H2,1-2H3. The van der Waals surface area contributed by atoms with Crippen molar-refractivity contribution in [3.05, 3.63) is 47.2 Å². The first kappa shape index (κ1) is 14.9. The van der Waals surface area contributed by atoms with Crippen LogP contribution in [-0.4, -0.2) is 24.9 Å². The number of nitrogens with zero attached hydrogens (tertiary/aromatic N) is 5. The second kappa shape index (κ2) is 5.19. The molecule has 0 bridgehead atoms. The quantitative estimate of drug-likeness (QED) is 0.734. The lowest BCUT2D eigenvalue weighted by Crippen LogP contribution is -2.14. The Morgan fingerprint density at radius 3 is 2.75 bits per heavy atom. The maximum atomic E-state index is 12.9. The average molecular weight is 331 g/mol. The Hall–Kier alpha value is -2.64. The maximum absolute atomic E-state index is 12.9. The maximum Gasteiger partial charge on any atom is 0.280 e. The molecule has 1 aliphatic rings. The fourth-order valence-corrected chi connectivity index (χ4v) is 2.99. The first-order valence-electron chi connectivity index (χ1n) is 7.60. The number of aryl methyl sites for hydroxylation is 2. The monoisotopic (exact) mass is 331 g/mol. The van der Waals surface area contributed by atoms with Crippen LogP contribution < -0.4 is 0 Å². The molecule has 0 saturated heterocycles. The summed E-state index contributed by atoms with van der Waals surface area (Å²) in [6, 6.07) is 5.15. The molecule has 0 aliphatic heterocycles. The van der Waals surface area contributed by atoms with Crippen LogP contribution in [0.1, 0.15) is 42.0 Å². The van der Waals surface area contributed by atoms with Crippen LogP contribution in [0.3, 0.4) is 0 Å². The third-order valence-electron chi connectivity index (χ3n) is 4.43. The predicted octanol–water partition coefficient (Wildman–Crippen LogP) is 3.19. The van der Waals surface area contributed by atoms with Crippen molar-refractivity contribution in [2.75, 3.05) is 0 Å². The van der Waals surface area contributed by atoms with Gasteiger partial charge in [-0.15, -0.1) is 0 Å². The van der Waals surface area contributed by atoms with Gasteiger partial charge in [-0.05, 0) is 37.5 Å². The number of aromatic nitrogens is 5. The van der Waals surface area contributed by atoms with E-state index < -0.39 is 6.43 Å². The number of rotatable bonds is 4. The molecule has 1 aliphatic carbocycles. The highest BCUT2D eigenvalue weighted by molar-refractivity contribution is 5.49. The first-order chi connectivity index (χ1) is 11.5. The fraction of sp³-hybridized carbons (Fsp3) is 0.375. The number of pyridine rings is 1. The highest BCUT2D eigenvalue weighted by Gasteiger charge is 2.52. The van der Waals surface area contributed by atoms with Crippen molar-refractivity contribution in [3.8, 4) is 11.6 Å². The van der Waals surface area contributed by atoms with E-state index in [1.54, 1.807) is 6.20 Å². The molecule has 0 unspecified atom stereocenters. The normalized spacial score (nSPS) is 15.9. The van der Waals surface area contributed by atoms with Gasteiger partial charge in [-0.1, -0.05) is 11.2 Å².